The topological polar surface area (TPSA) is 50.7 Å². The van der Waals surface area contributed by atoms with Crippen molar-refractivity contribution in [1.29, 1.82) is 0 Å². The van der Waals surface area contributed by atoms with Crippen LogP contribution >= 0.6 is 0 Å². The van der Waals surface area contributed by atoms with Gasteiger partial charge < -0.3 is 10.1 Å². The van der Waals surface area contributed by atoms with Crippen LogP contribution in [-0.2, 0) is 4.79 Å². The number of halogens is 1. The predicted octanol–water partition coefficient (Wildman–Crippen LogP) is 3.05. The first-order valence-corrected chi connectivity index (χ1v) is 5.90. The van der Waals surface area contributed by atoms with E-state index in [1.165, 1.54) is 12.1 Å². The first kappa shape index (κ1) is 12.5. The molecular formula is C13H15FN2O2. The Kier molecular flexibility index (Phi) is 3.60. The summed E-state index contributed by atoms with van der Waals surface area (Å²) in [6.45, 7) is 3.82. The third kappa shape index (κ3) is 2.67. The Hall–Kier alpha value is -1.91. The number of benzene rings is 1. The third-order valence-corrected chi connectivity index (χ3v) is 2.60. The minimum atomic E-state index is -0.444. The molecule has 2 rings (SSSR count). The zero-order valence-electron chi connectivity index (χ0n) is 10.4. The van der Waals surface area contributed by atoms with E-state index in [2.05, 4.69) is 10.3 Å². The van der Waals surface area contributed by atoms with Crippen LogP contribution < -0.4 is 10.1 Å². The number of fused-ring (bicyclic) bond motifs is 1. The molecule has 1 amide bonds. The number of nitrogens with one attached hydrogen (secondary N) is 1. The summed E-state index contributed by atoms with van der Waals surface area (Å²) in [6, 6.07) is 2.76. The Morgan fingerprint density at radius 3 is 3.06 bits per heavy atom. The van der Waals surface area contributed by atoms with E-state index in [4.69, 9.17) is 4.74 Å². The minimum absolute atomic E-state index is 0.0794. The van der Waals surface area contributed by atoms with Gasteiger partial charge in [-0.1, -0.05) is 13.3 Å². The summed E-state index contributed by atoms with van der Waals surface area (Å²) in [6.07, 6.45) is 1.78. The molecule has 1 aliphatic rings. The molecule has 0 fully saturated rings. The molecule has 0 saturated carbocycles. The highest BCUT2D eigenvalue weighted by molar-refractivity contribution is 5.96. The summed E-state index contributed by atoms with van der Waals surface area (Å²) < 4.78 is 18.9. The summed E-state index contributed by atoms with van der Waals surface area (Å²) >= 11 is 0. The SMILES string of the molecule is CCC/C(C)=N/c1cc2c(cc1F)OCC(=O)N2. The van der Waals surface area contributed by atoms with E-state index in [1.807, 2.05) is 13.8 Å². The number of hydrogen-bond acceptors (Lipinski definition) is 3. The molecule has 96 valence electrons. The molecule has 0 spiro atoms. The van der Waals surface area contributed by atoms with E-state index in [1.54, 1.807) is 0 Å². The van der Waals surface area contributed by atoms with Crippen LogP contribution in [-0.4, -0.2) is 18.2 Å². The number of nitrogens with zero attached hydrogens (tertiary/aromatic N) is 1. The van der Waals surface area contributed by atoms with Crippen molar-refractivity contribution in [2.45, 2.75) is 26.7 Å². The number of anilines is 1. The Morgan fingerprint density at radius 1 is 1.56 bits per heavy atom. The van der Waals surface area contributed by atoms with E-state index in [-0.39, 0.29) is 18.2 Å². The van der Waals surface area contributed by atoms with Gasteiger partial charge in [0.05, 0.1) is 5.69 Å². The maximum Gasteiger partial charge on any atom is 0.262 e. The van der Waals surface area contributed by atoms with E-state index in [0.717, 1.165) is 18.6 Å². The first-order chi connectivity index (χ1) is 8.60. The molecule has 18 heavy (non-hydrogen) atoms. The maximum absolute atomic E-state index is 13.8. The van der Waals surface area contributed by atoms with Crippen LogP contribution in [0.25, 0.3) is 0 Å². The standard InChI is InChI=1S/C13H15FN2O2/c1-3-4-8(2)15-10-6-11-12(5-9(10)14)18-7-13(17)16-11/h5-6H,3-4,7H2,1-2H3,(H,16,17)/b15-8+. The Bertz CT molecular complexity index is 512. The largest absolute Gasteiger partial charge is 0.481 e. The van der Waals surface area contributed by atoms with Gasteiger partial charge in [-0.2, -0.15) is 0 Å². The van der Waals surface area contributed by atoms with Gasteiger partial charge >= 0.3 is 0 Å². The fourth-order valence-electron chi connectivity index (χ4n) is 1.80. The van der Waals surface area contributed by atoms with Crippen LogP contribution in [0.2, 0.25) is 0 Å². The maximum atomic E-state index is 13.8. The highest BCUT2D eigenvalue weighted by Gasteiger charge is 2.18. The molecule has 0 atom stereocenters. The van der Waals surface area contributed by atoms with Crippen LogP contribution in [0.1, 0.15) is 26.7 Å². The summed E-state index contributed by atoms with van der Waals surface area (Å²) in [5.41, 5.74) is 1.56. The zero-order chi connectivity index (χ0) is 13.1. The van der Waals surface area contributed by atoms with Crippen molar-refractivity contribution in [2.75, 3.05) is 11.9 Å². The molecule has 0 saturated heterocycles. The van der Waals surface area contributed by atoms with Gasteiger partial charge in [0.25, 0.3) is 5.91 Å². The van der Waals surface area contributed by atoms with Crippen LogP contribution in [0.15, 0.2) is 17.1 Å². The summed E-state index contributed by atoms with van der Waals surface area (Å²) in [7, 11) is 0. The molecule has 0 aromatic heterocycles. The van der Waals surface area contributed by atoms with Gasteiger partial charge in [-0.25, -0.2) is 4.39 Å². The van der Waals surface area contributed by atoms with E-state index in [0.29, 0.717) is 11.4 Å². The lowest BCUT2D eigenvalue weighted by Crippen LogP contribution is -2.25. The number of rotatable bonds is 3. The molecule has 5 heteroatoms. The lowest BCUT2D eigenvalue weighted by atomic mass is 10.2. The third-order valence-electron chi connectivity index (χ3n) is 2.60. The van der Waals surface area contributed by atoms with Gasteiger partial charge in [0.1, 0.15) is 11.4 Å². The molecule has 1 heterocycles. The first-order valence-electron chi connectivity index (χ1n) is 5.90. The molecule has 1 aromatic carbocycles. The monoisotopic (exact) mass is 250 g/mol. The van der Waals surface area contributed by atoms with Crippen molar-refractivity contribution in [3.63, 3.8) is 0 Å². The van der Waals surface area contributed by atoms with Crippen LogP contribution in [0.4, 0.5) is 15.8 Å². The van der Waals surface area contributed by atoms with Crippen molar-refractivity contribution in [2.24, 2.45) is 4.99 Å². The second-order valence-corrected chi connectivity index (χ2v) is 4.23. The van der Waals surface area contributed by atoms with Crippen LogP contribution in [0, 0.1) is 5.82 Å². The van der Waals surface area contributed by atoms with E-state index < -0.39 is 5.82 Å². The fourth-order valence-corrected chi connectivity index (χ4v) is 1.80. The average molecular weight is 250 g/mol. The number of amides is 1. The number of aliphatic imine (C=N–C) groups is 1. The molecule has 0 unspecified atom stereocenters. The molecule has 1 aliphatic heterocycles. The van der Waals surface area contributed by atoms with E-state index in [9.17, 15) is 9.18 Å². The van der Waals surface area contributed by atoms with Crippen molar-refractivity contribution in [3.8, 4) is 5.75 Å². The Morgan fingerprint density at radius 2 is 2.33 bits per heavy atom. The second kappa shape index (κ2) is 5.16. The van der Waals surface area contributed by atoms with Crippen molar-refractivity contribution in [1.82, 2.24) is 0 Å². The van der Waals surface area contributed by atoms with Crippen molar-refractivity contribution in [3.05, 3.63) is 17.9 Å². The quantitative estimate of drug-likeness (QED) is 0.838. The lowest BCUT2D eigenvalue weighted by Gasteiger charge is -2.18. The van der Waals surface area contributed by atoms with Gasteiger partial charge in [-0.3, -0.25) is 9.79 Å². The number of carbonyl (C=O) groups is 1. The molecule has 0 bridgehead atoms. The molecule has 4 nitrogen and oxygen atoms in total. The van der Waals surface area contributed by atoms with Gasteiger partial charge in [-0.15, -0.1) is 0 Å². The smallest absolute Gasteiger partial charge is 0.262 e. The number of hydrogen-bond donors (Lipinski definition) is 1. The van der Waals surface area contributed by atoms with Crippen LogP contribution in [0.5, 0.6) is 5.75 Å². The van der Waals surface area contributed by atoms with Crippen molar-refractivity contribution >= 4 is 23.0 Å². The second-order valence-electron chi connectivity index (χ2n) is 4.23. The average Bonchev–Trinajstić information content (AvgIpc) is 2.31. The Balaban J connectivity index is 2.35. The molecule has 0 aliphatic carbocycles. The minimum Gasteiger partial charge on any atom is -0.481 e. The van der Waals surface area contributed by atoms with E-state index >= 15 is 0 Å². The normalized spacial score (nSPS) is 14.8. The van der Waals surface area contributed by atoms with Crippen molar-refractivity contribution < 1.29 is 13.9 Å². The summed E-state index contributed by atoms with van der Waals surface area (Å²) in [5.74, 6) is -0.339. The molecule has 1 N–H and O–H groups in total. The summed E-state index contributed by atoms with van der Waals surface area (Å²) in [4.78, 5) is 15.4. The lowest BCUT2D eigenvalue weighted by molar-refractivity contribution is -0.118. The highest BCUT2D eigenvalue weighted by atomic mass is 19.1. The van der Waals surface area contributed by atoms with Crippen LogP contribution in [0.3, 0.4) is 0 Å². The van der Waals surface area contributed by atoms with Gasteiger partial charge in [0, 0.05) is 11.8 Å². The summed E-state index contributed by atoms with van der Waals surface area (Å²) in [5, 5.41) is 2.63. The highest BCUT2D eigenvalue weighted by Crippen LogP contribution is 2.34. The van der Waals surface area contributed by atoms with Gasteiger partial charge in [0.2, 0.25) is 0 Å². The zero-order valence-corrected chi connectivity index (χ0v) is 10.4. The molecular weight excluding hydrogens is 235 g/mol. The van der Waals surface area contributed by atoms with Gasteiger partial charge in [0.15, 0.2) is 12.4 Å². The fraction of sp³-hybridized carbons (Fsp3) is 0.385. The number of carbonyl (C=O) groups excluding carboxylic acids is 1. The number of ether oxygens (including phenoxy) is 1. The molecule has 0 radical (unpaired) electrons. The molecule has 1 aromatic rings. The Labute approximate surface area is 105 Å². The predicted molar refractivity (Wildman–Crippen MR) is 68.2 cm³/mol. The van der Waals surface area contributed by atoms with Gasteiger partial charge in [-0.05, 0) is 19.4 Å².